The van der Waals surface area contributed by atoms with E-state index in [1.54, 1.807) is 29.4 Å². The Balaban J connectivity index is 0.000000204. The van der Waals surface area contributed by atoms with Gasteiger partial charge < -0.3 is 40.6 Å². The minimum absolute atomic E-state index is 0.0296. The number of piperidine rings is 2. The van der Waals surface area contributed by atoms with Gasteiger partial charge in [0.25, 0.3) is 11.8 Å². The first-order valence-corrected chi connectivity index (χ1v) is 18.1. The molecule has 16 heteroatoms. The minimum Gasteiger partial charge on any atom is -0.366 e. The summed E-state index contributed by atoms with van der Waals surface area (Å²) in [6.45, 7) is 17.4. The summed E-state index contributed by atoms with van der Waals surface area (Å²) in [4.78, 5) is 72.8. The van der Waals surface area contributed by atoms with Gasteiger partial charge in [-0.15, -0.1) is 0 Å². The second kappa shape index (κ2) is 17.1. The largest absolute Gasteiger partial charge is 0.366 e. The van der Waals surface area contributed by atoms with Crippen molar-refractivity contribution in [3.8, 4) is 0 Å². The zero-order valence-corrected chi connectivity index (χ0v) is 31.1. The SMILES string of the molecule is C=CC(=O)N1CC[C@H](Nc2cnc3[nH]cc(C(=O)NCC)c3n2)C[C@@H]1C.C=CC(=O)N1CC[C@H](Nc2cnc3c(n2)c(C(=O)NCC)cn3C)C[C@@H]1C. The van der Waals surface area contributed by atoms with E-state index in [1.165, 1.54) is 12.2 Å². The van der Waals surface area contributed by atoms with Crippen LogP contribution in [0.5, 0.6) is 0 Å². The standard InChI is InChI=1S/C19H26N6O2.C18H24N6O2/c1-5-16(26)25-8-7-13(9-12(25)3)22-15-10-21-18-17(23-15)14(11-24(18)4)19(27)20-6-2;1-4-15(25)24-7-6-12(8-11(24)3)22-14-10-21-17-16(23-14)13(9-20-17)18(26)19-5-2/h5,10-13H,1,6-9H2,2-4H3,(H,20,27)(H,22,23);4,9-12H,1,5-8H2,2-3H3,(H,19,26)(H,20,21)(H,22,23)/t12-,13-;11-,12-/m00/s1. The van der Waals surface area contributed by atoms with Crippen LogP contribution in [0.25, 0.3) is 22.3 Å². The molecule has 4 amide bonds. The summed E-state index contributed by atoms with van der Waals surface area (Å²) in [5.74, 6) is 0.881. The van der Waals surface area contributed by atoms with E-state index < -0.39 is 0 Å². The lowest BCUT2D eigenvalue weighted by atomic mass is 9.98. The Bertz CT molecular complexity index is 1990. The summed E-state index contributed by atoms with van der Waals surface area (Å²) in [6, 6.07) is 0.636. The molecule has 2 aliphatic rings. The summed E-state index contributed by atoms with van der Waals surface area (Å²) in [6.07, 6.45) is 12.7. The molecule has 6 heterocycles. The Morgan fingerprint density at radius 2 is 1.32 bits per heavy atom. The minimum atomic E-state index is -0.171. The van der Waals surface area contributed by atoms with Gasteiger partial charge in [0.1, 0.15) is 22.7 Å². The second-order valence-electron chi connectivity index (χ2n) is 13.4. The van der Waals surface area contributed by atoms with Gasteiger partial charge in [-0.1, -0.05) is 13.2 Å². The molecule has 6 rings (SSSR count). The molecule has 53 heavy (non-hydrogen) atoms. The van der Waals surface area contributed by atoms with Gasteiger partial charge in [-0.05, 0) is 65.5 Å². The molecule has 0 unspecified atom stereocenters. The quantitative estimate of drug-likeness (QED) is 0.151. The van der Waals surface area contributed by atoms with E-state index in [9.17, 15) is 19.2 Å². The highest BCUT2D eigenvalue weighted by Crippen LogP contribution is 2.24. The third-order valence-corrected chi connectivity index (χ3v) is 9.58. The van der Waals surface area contributed by atoms with E-state index in [-0.39, 0.29) is 47.8 Å². The molecule has 4 atom stereocenters. The molecule has 2 aliphatic heterocycles. The van der Waals surface area contributed by atoms with E-state index in [2.05, 4.69) is 59.3 Å². The normalized spacial score (nSPS) is 19.9. The first-order valence-electron chi connectivity index (χ1n) is 18.1. The summed E-state index contributed by atoms with van der Waals surface area (Å²) in [5, 5.41) is 12.4. The number of rotatable bonds is 10. The molecule has 4 aromatic heterocycles. The number of nitrogens with zero attached hydrogens (tertiary/aromatic N) is 7. The van der Waals surface area contributed by atoms with Crippen LogP contribution in [0.3, 0.4) is 0 Å². The Labute approximate surface area is 308 Å². The number of anilines is 2. The number of likely N-dealkylation sites (tertiary alicyclic amines) is 2. The third kappa shape index (κ3) is 8.81. The summed E-state index contributed by atoms with van der Waals surface area (Å²) in [7, 11) is 1.85. The van der Waals surface area contributed by atoms with Crippen LogP contribution in [-0.2, 0) is 16.6 Å². The molecule has 0 spiro atoms. The maximum absolute atomic E-state index is 12.3. The maximum atomic E-state index is 12.3. The van der Waals surface area contributed by atoms with Crippen molar-refractivity contribution >= 4 is 57.6 Å². The van der Waals surface area contributed by atoms with Crippen LogP contribution in [0.2, 0.25) is 0 Å². The van der Waals surface area contributed by atoms with Crippen molar-refractivity contribution in [3.63, 3.8) is 0 Å². The molecule has 0 saturated carbocycles. The van der Waals surface area contributed by atoms with Gasteiger partial charge >= 0.3 is 0 Å². The average molecular weight is 727 g/mol. The molecule has 4 aromatic rings. The maximum Gasteiger partial charge on any atom is 0.255 e. The van der Waals surface area contributed by atoms with Crippen molar-refractivity contribution in [2.75, 3.05) is 36.8 Å². The van der Waals surface area contributed by atoms with Gasteiger partial charge in [0.05, 0.1) is 23.5 Å². The van der Waals surface area contributed by atoms with E-state index in [1.807, 2.05) is 44.5 Å². The van der Waals surface area contributed by atoms with Crippen LogP contribution >= 0.6 is 0 Å². The molecule has 282 valence electrons. The lowest BCUT2D eigenvalue weighted by Gasteiger charge is -2.37. The van der Waals surface area contributed by atoms with Crippen LogP contribution in [0.15, 0.2) is 50.1 Å². The number of aryl methyl sites for hydroxylation is 1. The molecule has 2 fully saturated rings. The number of hydrogen-bond acceptors (Lipinski definition) is 10. The summed E-state index contributed by atoms with van der Waals surface area (Å²) >= 11 is 0. The number of fused-ring (bicyclic) bond motifs is 2. The van der Waals surface area contributed by atoms with Crippen molar-refractivity contribution in [3.05, 3.63) is 61.2 Å². The molecular formula is C37H50N12O4. The average Bonchev–Trinajstić information content (AvgIpc) is 3.72. The van der Waals surface area contributed by atoms with Crippen LogP contribution < -0.4 is 21.3 Å². The lowest BCUT2D eigenvalue weighted by Crippen LogP contribution is -2.47. The predicted molar refractivity (Wildman–Crippen MR) is 204 cm³/mol. The molecule has 0 bridgehead atoms. The number of aromatic amines is 1. The number of hydrogen-bond donors (Lipinski definition) is 5. The molecule has 5 N–H and O–H groups in total. The predicted octanol–water partition coefficient (Wildman–Crippen LogP) is 3.38. The number of carbonyl (C=O) groups excluding carboxylic acids is 4. The van der Waals surface area contributed by atoms with Crippen LogP contribution in [0, 0.1) is 0 Å². The smallest absolute Gasteiger partial charge is 0.255 e. The van der Waals surface area contributed by atoms with Gasteiger partial charge in [-0.2, -0.15) is 0 Å². The highest BCUT2D eigenvalue weighted by Gasteiger charge is 2.29. The van der Waals surface area contributed by atoms with E-state index in [0.29, 0.717) is 71.3 Å². The topological polar surface area (TPSA) is 195 Å². The van der Waals surface area contributed by atoms with E-state index >= 15 is 0 Å². The van der Waals surface area contributed by atoms with Gasteiger partial charge in [0, 0.05) is 69.8 Å². The van der Waals surface area contributed by atoms with Gasteiger partial charge in [0.2, 0.25) is 11.8 Å². The Kier molecular flexibility index (Phi) is 12.4. The molecule has 0 aromatic carbocycles. The highest BCUT2D eigenvalue weighted by molar-refractivity contribution is 6.05. The number of amides is 4. The first kappa shape index (κ1) is 38.4. The van der Waals surface area contributed by atoms with Gasteiger partial charge in [0.15, 0.2) is 11.3 Å². The third-order valence-electron chi connectivity index (χ3n) is 9.58. The highest BCUT2D eigenvalue weighted by atomic mass is 16.2. The number of nitrogens with one attached hydrogen (secondary N) is 5. The lowest BCUT2D eigenvalue weighted by molar-refractivity contribution is -0.130. The Morgan fingerprint density at radius 3 is 1.83 bits per heavy atom. The van der Waals surface area contributed by atoms with Crippen LogP contribution in [-0.4, -0.2) is 113 Å². The molecular weight excluding hydrogens is 676 g/mol. The first-order chi connectivity index (χ1) is 25.5. The van der Waals surface area contributed by atoms with Crippen LogP contribution in [0.1, 0.15) is 74.1 Å². The molecule has 16 nitrogen and oxygen atoms in total. The fraction of sp³-hybridized carbons (Fsp3) is 0.459. The number of aromatic nitrogens is 6. The monoisotopic (exact) mass is 726 g/mol. The molecule has 2 saturated heterocycles. The zero-order valence-electron chi connectivity index (χ0n) is 31.1. The summed E-state index contributed by atoms with van der Waals surface area (Å²) in [5.41, 5.74) is 3.38. The fourth-order valence-corrected chi connectivity index (χ4v) is 6.93. The van der Waals surface area contributed by atoms with Crippen molar-refractivity contribution in [2.45, 2.75) is 77.5 Å². The summed E-state index contributed by atoms with van der Waals surface area (Å²) < 4.78 is 1.80. The number of carbonyl (C=O) groups is 4. The van der Waals surface area contributed by atoms with Crippen molar-refractivity contribution < 1.29 is 19.2 Å². The number of H-pyrrole nitrogens is 1. The molecule has 0 radical (unpaired) electrons. The van der Waals surface area contributed by atoms with Crippen LogP contribution in [0.4, 0.5) is 11.6 Å². The van der Waals surface area contributed by atoms with Crippen molar-refractivity contribution in [1.82, 2.24) is 49.9 Å². The molecule has 0 aliphatic carbocycles. The van der Waals surface area contributed by atoms with E-state index in [4.69, 9.17) is 0 Å². The van der Waals surface area contributed by atoms with E-state index in [0.717, 1.165) is 25.7 Å². The van der Waals surface area contributed by atoms with Gasteiger partial charge in [-0.25, -0.2) is 19.9 Å². The van der Waals surface area contributed by atoms with Crippen molar-refractivity contribution in [1.29, 1.82) is 0 Å². The van der Waals surface area contributed by atoms with Crippen molar-refractivity contribution in [2.24, 2.45) is 7.05 Å². The Morgan fingerprint density at radius 1 is 0.811 bits per heavy atom. The van der Waals surface area contributed by atoms with Gasteiger partial charge in [-0.3, -0.25) is 19.2 Å². The Hall–Kier alpha value is -5.80. The zero-order chi connectivity index (χ0) is 38.2. The fourth-order valence-electron chi connectivity index (χ4n) is 6.93. The second-order valence-corrected chi connectivity index (χ2v) is 13.4.